The minimum absolute atomic E-state index is 0.383. The second kappa shape index (κ2) is 4.80. The fourth-order valence-corrected chi connectivity index (χ4v) is 4.74. The van der Waals surface area contributed by atoms with Crippen LogP contribution < -0.4 is 5.73 Å². The van der Waals surface area contributed by atoms with E-state index in [4.69, 9.17) is 5.73 Å². The summed E-state index contributed by atoms with van der Waals surface area (Å²) in [5.74, 6) is 0.799. The summed E-state index contributed by atoms with van der Waals surface area (Å²) >= 11 is 0. The lowest BCUT2D eigenvalue weighted by molar-refractivity contribution is 0.462. The van der Waals surface area contributed by atoms with Crippen LogP contribution in [-0.2, 0) is 10.0 Å². The molecule has 2 N–H and O–H groups in total. The van der Waals surface area contributed by atoms with Gasteiger partial charge in [0.05, 0.1) is 4.90 Å². The van der Waals surface area contributed by atoms with Gasteiger partial charge in [-0.1, -0.05) is 19.9 Å². The maximum absolute atomic E-state index is 12.8. The molecule has 2 rings (SSSR count). The molecule has 2 unspecified atom stereocenters. The molecule has 1 fully saturated rings. The van der Waals surface area contributed by atoms with Gasteiger partial charge in [0, 0.05) is 18.8 Å². The van der Waals surface area contributed by atoms with Gasteiger partial charge in [0.15, 0.2) is 0 Å². The minimum atomic E-state index is -3.44. The van der Waals surface area contributed by atoms with Gasteiger partial charge in [-0.2, -0.15) is 4.31 Å². The first-order chi connectivity index (χ1) is 8.75. The molecule has 5 heteroatoms. The van der Waals surface area contributed by atoms with Crippen LogP contribution in [0.3, 0.4) is 0 Å². The van der Waals surface area contributed by atoms with E-state index in [0.717, 1.165) is 5.56 Å². The number of nitrogens with zero attached hydrogens (tertiary/aromatic N) is 1. The van der Waals surface area contributed by atoms with Gasteiger partial charge in [0.1, 0.15) is 0 Å². The number of hydrogen-bond acceptors (Lipinski definition) is 3. The molecule has 0 bridgehead atoms. The molecule has 0 aliphatic carbocycles. The van der Waals surface area contributed by atoms with Gasteiger partial charge in [-0.25, -0.2) is 8.42 Å². The molecule has 0 radical (unpaired) electrons. The van der Waals surface area contributed by atoms with Crippen molar-refractivity contribution in [3.8, 4) is 0 Å². The van der Waals surface area contributed by atoms with Gasteiger partial charge < -0.3 is 5.73 Å². The molecular weight excluding hydrogens is 260 g/mol. The Hall–Kier alpha value is -1.07. The molecule has 0 saturated carbocycles. The third kappa shape index (κ3) is 2.37. The molecule has 1 aromatic carbocycles. The van der Waals surface area contributed by atoms with Crippen molar-refractivity contribution in [2.45, 2.75) is 32.6 Å². The summed E-state index contributed by atoms with van der Waals surface area (Å²) in [5, 5.41) is 0. The topological polar surface area (TPSA) is 63.4 Å². The van der Waals surface area contributed by atoms with Gasteiger partial charge in [-0.15, -0.1) is 0 Å². The Labute approximate surface area is 115 Å². The highest BCUT2D eigenvalue weighted by Gasteiger charge is 2.36. The zero-order chi connectivity index (χ0) is 14.4. The van der Waals surface area contributed by atoms with E-state index in [1.807, 2.05) is 6.92 Å². The molecule has 1 aliphatic rings. The van der Waals surface area contributed by atoms with E-state index in [0.29, 0.717) is 41.1 Å². The fourth-order valence-electron chi connectivity index (χ4n) is 2.64. The standard InChI is InChI=1S/C14H22N2O2S/c1-9-5-6-13(15)12(4)14(9)19(17,18)16-7-10(2)11(3)8-16/h5-6,10-11H,7-8,15H2,1-4H3. The molecular formula is C14H22N2O2S. The molecule has 1 aromatic rings. The maximum Gasteiger partial charge on any atom is 0.243 e. The first-order valence-electron chi connectivity index (χ1n) is 6.61. The molecule has 106 valence electrons. The van der Waals surface area contributed by atoms with E-state index < -0.39 is 10.0 Å². The van der Waals surface area contributed by atoms with Gasteiger partial charge >= 0.3 is 0 Å². The summed E-state index contributed by atoms with van der Waals surface area (Å²) in [6, 6.07) is 3.54. The Bertz CT molecular complexity index is 586. The second-order valence-corrected chi connectivity index (χ2v) is 7.58. The van der Waals surface area contributed by atoms with E-state index in [-0.39, 0.29) is 0 Å². The van der Waals surface area contributed by atoms with Crippen LogP contribution in [0.25, 0.3) is 0 Å². The molecule has 1 saturated heterocycles. The average Bonchev–Trinajstić information content (AvgIpc) is 2.65. The zero-order valence-electron chi connectivity index (χ0n) is 12.0. The molecule has 0 amide bonds. The van der Waals surface area contributed by atoms with E-state index in [1.165, 1.54) is 0 Å². The van der Waals surface area contributed by atoms with Crippen LogP contribution in [0.4, 0.5) is 5.69 Å². The van der Waals surface area contributed by atoms with Crippen molar-refractivity contribution in [3.05, 3.63) is 23.3 Å². The number of nitrogen functional groups attached to an aromatic ring is 1. The zero-order valence-corrected chi connectivity index (χ0v) is 12.8. The average molecular weight is 282 g/mol. The molecule has 1 aliphatic heterocycles. The highest BCUT2D eigenvalue weighted by atomic mass is 32.2. The lowest BCUT2D eigenvalue weighted by atomic mass is 10.0. The van der Waals surface area contributed by atoms with Crippen molar-refractivity contribution < 1.29 is 8.42 Å². The van der Waals surface area contributed by atoms with Crippen LogP contribution in [-0.4, -0.2) is 25.8 Å². The van der Waals surface area contributed by atoms with E-state index >= 15 is 0 Å². The first kappa shape index (κ1) is 14.3. The lowest BCUT2D eigenvalue weighted by Crippen LogP contribution is -2.30. The summed E-state index contributed by atoms with van der Waals surface area (Å²) in [4.78, 5) is 0.383. The summed E-state index contributed by atoms with van der Waals surface area (Å²) in [6.45, 7) is 8.98. The number of aryl methyl sites for hydroxylation is 1. The van der Waals surface area contributed by atoms with Crippen LogP contribution >= 0.6 is 0 Å². The molecule has 1 heterocycles. The smallest absolute Gasteiger partial charge is 0.243 e. The molecule has 4 nitrogen and oxygen atoms in total. The molecule has 0 spiro atoms. The highest BCUT2D eigenvalue weighted by molar-refractivity contribution is 7.89. The number of sulfonamides is 1. The Kier molecular flexibility index (Phi) is 3.62. The largest absolute Gasteiger partial charge is 0.398 e. The predicted molar refractivity (Wildman–Crippen MR) is 77.4 cm³/mol. The summed E-state index contributed by atoms with van der Waals surface area (Å²) < 4.78 is 27.2. The molecule has 2 atom stereocenters. The van der Waals surface area contributed by atoms with E-state index in [9.17, 15) is 8.42 Å². The van der Waals surface area contributed by atoms with Crippen molar-refractivity contribution in [2.24, 2.45) is 11.8 Å². The summed E-state index contributed by atoms with van der Waals surface area (Å²) in [6.07, 6.45) is 0. The third-order valence-corrected chi connectivity index (χ3v) is 6.32. The monoisotopic (exact) mass is 282 g/mol. The summed E-state index contributed by atoms with van der Waals surface area (Å²) in [7, 11) is -3.44. The quantitative estimate of drug-likeness (QED) is 0.845. The number of benzene rings is 1. The van der Waals surface area contributed by atoms with Crippen molar-refractivity contribution >= 4 is 15.7 Å². The fraction of sp³-hybridized carbons (Fsp3) is 0.571. The van der Waals surface area contributed by atoms with Gasteiger partial charge in [-0.05, 0) is 42.9 Å². The van der Waals surface area contributed by atoms with Crippen molar-refractivity contribution in [1.82, 2.24) is 4.31 Å². The second-order valence-electron chi connectivity index (χ2n) is 5.70. The van der Waals surface area contributed by atoms with Crippen LogP contribution in [0.5, 0.6) is 0 Å². The summed E-state index contributed by atoms with van der Waals surface area (Å²) in [5.41, 5.74) is 7.81. The Morgan fingerprint density at radius 3 is 2.21 bits per heavy atom. The predicted octanol–water partition coefficient (Wildman–Crippen LogP) is 2.16. The maximum atomic E-state index is 12.8. The van der Waals surface area contributed by atoms with Gasteiger partial charge in [0.25, 0.3) is 0 Å². The van der Waals surface area contributed by atoms with E-state index in [1.54, 1.807) is 23.4 Å². The van der Waals surface area contributed by atoms with Crippen LogP contribution in [0.1, 0.15) is 25.0 Å². The molecule has 19 heavy (non-hydrogen) atoms. The highest BCUT2D eigenvalue weighted by Crippen LogP contribution is 2.32. The van der Waals surface area contributed by atoms with Gasteiger partial charge in [0.2, 0.25) is 10.0 Å². The number of hydrogen-bond donors (Lipinski definition) is 1. The van der Waals surface area contributed by atoms with Crippen LogP contribution in [0.15, 0.2) is 17.0 Å². The number of rotatable bonds is 2. The third-order valence-electron chi connectivity index (χ3n) is 4.20. The van der Waals surface area contributed by atoms with E-state index in [2.05, 4.69) is 13.8 Å². The molecule has 0 aromatic heterocycles. The first-order valence-corrected chi connectivity index (χ1v) is 8.05. The Morgan fingerprint density at radius 2 is 1.68 bits per heavy atom. The Morgan fingerprint density at radius 1 is 1.16 bits per heavy atom. The number of nitrogens with two attached hydrogens (primary N) is 1. The van der Waals surface area contributed by atoms with Crippen LogP contribution in [0, 0.1) is 25.7 Å². The lowest BCUT2D eigenvalue weighted by Gasteiger charge is -2.20. The van der Waals surface area contributed by atoms with Crippen molar-refractivity contribution in [1.29, 1.82) is 0 Å². The van der Waals surface area contributed by atoms with Gasteiger partial charge in [-0.3, -0.25) is 0 Å². The normalized spacial score (nSPS) is 24.8. The minimum Gasteiger partial charge on any atom is -0.398 e. The van der Waals surface area contributed by atoms with Crippen molar-refractivity contribution in [2.75, 3.05) is 18.8 Å². The SMILES string of the molecule is Cc1ccc(N)c(C)c1S(=O)(=O)N1CC(C)C(C)C1. The Balaban J connectivity index is 2.50. The van der Waals surface area contributed by atoms with Crippen molar-refractivity contribution in [3.63, 3.8) is 0 Å². The number of anilines is 1. The van der Waals surface area contributed by atoms with Crippen LogP contribution in [0.2, 0.25) is 0 Å².